The molecule has 1 atom stereocenters. The zero-order valence-electron chi connectivity index (χ0n) is 12.7. The molecule has 4 nitrogen and oxygen atoms in total. The molecule has 21 heavy (non-hydrogen) atoms. The van der Waals surface area contributed by atoms with Crippen LogP contribution in [0.3, 0.4) is 0 Å². The number of hydrogen-bond donors (Lipinski definition) is 2. The Morgan fingerprint density at radius 3 is 2.48 bits per heavy atom. The Balaban J connectivity index is 2.89. The highest BCUT2D eigenvalue weighted by atomic mass is 32.1. The van der Waals surface area contributed by atoms with E-state index in [2.05, 4.69) is 12.6 Å². The molecule has 0 aliphatic rings. The van der Waals surface area contributed by atoms with E-state index in [1.165, 1.54) is 0 Å². The molecule has 0 aromatic heterocycles. The van der Waals surface area contributed by atoms with Crippen LogP contribution in [-0.4, -0.2) is 30.5 Å². The van der Waals surface area contributed by atoms with E-state index in [-0.39, 0.29) is 12.4 Å². The lowest BCUT2D eigenvalue weighted by molar-refractivity contribution is -0.149. The van der Waals surface area contributed by atoms with Crippen LogP contribution < -0.4 is 4.74 Å². The predicted octanol–water partition coefficient (Wildman–Crippen LogP) is 2.94. The molecule has 1 aromatic rings. The van der Waals surface area contributed by atoms with Crippen molar-refractivity contribution in [3.8, 4) is 5.75 Å². The minimum absolute atomic E-state index is 0.0419. The maximum atomic E-state index is 11.8. The van der Waals surface area contributed by atoms with E-state index in [1.807, 2.05) is 0 Å². The quantitative estimate of drug-likeness (QED) is 0.418. The lowest BCUT2D eigenvalue weighted by Gasteiger charge is -2.28. The van der Waals surface area contributed by atoms with Crippen LogP contribution in [0.15, 0.2) is 24.3 Å². The van der Waals surface area contributed by atoms with Gasteiger partial charge in [0.1, 0.15) is 11.4 Å². The second-order valence-electron chi connectivity index (χ2n) is 4.92. The van der Waals surface area contributed by atoms with E-state index in [0.717, 1.165) is 18.6 Å². The topological polar surface area (TPSA) is 55.8 Å². The molecule has 5 heteroatoms. The predicted molar refractivity (Wildman–Crippen MR) is 85.8 cm³/mol. The first-order valence-corrected chi connectivity index (χ1v) is 7.82. The van der Waals surface area contributed by atoms with Gasteiger partial charge in [-0.05, 0) is 49.6 Å². The van der Waals surface area contributed by atoms with Gasteiger partial charge < -0.3 is 14.6 Å². The summed E-state index contributed by atoms with van der Waals surface area (Å²) in [5.74, 6) is 1.09. The van der Waals surface area contributed by atoms with Crippen molar-refractivity contribution in [2.24, 2.45) is 0 Å². The van der Waals surface area contributed by atoms with Gasteiger partial charge >= 0.3 is 5.97 Å². The molecular weight excluding hydrogens is 288 g/mol. The molecule has 118 valence electrons. The number of thiol groups is 1. The summed E-state index contributed by atoms with van der Waals surface area (Å²) in [5, 5.41) is 10.9. The van der Waals surface area contributed by atoms with E-state index in [9.17, 15) is 9.90 Å². The summed E-state index contributed by atoms with van der Waals surface area (Å²) in [7, 11) is 1.59. The van der Waals surface area contributed by atoms with Crippen LogP contribution in [0, 0.1) is 0 Å². The third-order valence-electron chi connectivity index (χ3n) is 3.37. The van der Waals surface area contributed by atoms with Crippen molar-refractivity contribution in [3.05, 3.63) is 29.8 Å². The smallest absolute Gasteiger partial charge is 0.309 e. The fourth-order valence-corrected chi connectivity index (χ4v) is 2.44. The summed E-state index contributed by atoms with van der Waals surface area (Å²) in [6.07, 6.45) is 2.15. The van der Waals surface area contributed by atoms with Gasteiger partial charge in [-0.1, -0.05) is 12.1 Å². The molecule has 0 fully saturated rings. The monoisotopic (exact) mass is 312 g/mol. The summed E-state index contributed by atoms with van der Waals surface area (Å²) >= 11 is 4.18. The van der Waals surface area contributed by atoms with Crippen molar-refractivity contribution in [3.63, 3.8) is 0 Å². The van der Waals surface area contributed by atoms with Gasteiger partial charge in [-0.25, -0.2) is 0 Å². The lowest BCUT2D eigenvalue weighted by Crippen LogP contribution is -2.30. The van der Waals surface area contributed by atoms with E-state index in [4.69, 9.17) is 9.47 Å². The van der Waals surface area contributed by atoms with Crippen molar-refractivity contribution >= 4 is 18.6 Å². The van der Waals surface area contributed by atoms with Crippen molar-refractivity contribution < 1.29 is 19.4 Å². The summed E-state index contributed by atoms with van der Waals surface area (Å²) in [6.45, 7) is 2.07. The number of ether oxygens (including phenoxy) is 2. The van der Waals surface area contributed by atoms with Crippen LogP contribution in [0.1, 0.15) is 38.2 Å². The standard InChI is InChI=1S/C16H24O4S/c1-3-20-15(17)12-16(18,10-4-5-11-21)13-6-8-14(19-2)9-7-13/h6-9,18,21H,3-5,10-12H2,1-2H3. The average molecular weight is 312 g/mol. The van der Waals surface area contributed by atoms with Crippen LogP contribution in [-0.2, 0) is 15.1 Å². The van der Waals surface area contributed by atoms with Gasteiger partial charge in [0.25, 0.3) is 0 Å². The number of benzene rings is 1. The van der Waals surface area contributed by atoms with Gasteiger partial charge in [-0.15, -0.1) is 0 Å². The molecule has 0 saturated heterocycles. The first-order valence-electron chi connectivity index (χ1n) is 7.19. The normalized spacial score (nSPS) is 13.5. The second-order valence-corrected chi connectivity index (χ2v) is 5.37. The maximum absolute atomic E-state index is 11.8. The Bertz CT molecular complexity index is 432. The number of carbonyl (C=O) groups excluding carboxylic acids is 1. The van der Waals surface area contributed by atoms with Crippen molar-refractivity contribution in [1.82, 2.24) is 0 Å². The Morgan fingerprint density at radius 2 is 1.95 bits per heavy atom. The number of hydrogen-bond acceptors (Lipinski definition) is 5. The lowest BCUT2D eigenvalue weighted by atomic mass is 9.85. The van der Waals surface area contributed by atoms with Gasteiger partial charge in [0, 0.05) is 0 Å². The number of esters is 1. The Labute approximate surface area is 131 Å². The van der Waals surface area contributed by atoms with Crippen LogP contribution >= 0.6 is 12.6 Å². The summed E-state index contributed by atoms with van der Waals surface area (Å²) in [4.78, 5) is 11.8. The zero-order valence-corrected chi connectivity index (χ0v) is 13.6. The van der Waals surface area contributed by atoms with Gasteiger partial charge in [-0.2, -0.15) is 12.6 Å². The van der Waals surface area contributed by atoms with E-state index in [0.29, 0.717) is 24.3 Å². The number of rotatable bonds is 9. The van der Waals surface area contributed by atoms with E-state index >= 15 is 0 Å². The molecule has 1 aromatic carbocycles. The van der Waals surface area contributed by atoms with Gasteiger partial charge in [0.15, 0.2) is 0 Å². The molecule has 1 rings (SSSR count). The minimum atomic E-state index is -1.21. The SMILES string of the molecule is CCOC(=O)CC(O)(CCCCS)c1ccc(OC)cc1. The van der Waals surface area contributed by atoms with Crippen molar-refractivity contribution in [2.75, 3.05) is 19.5 Å². The molecule has 0 spiro atoms. The zero-order chi connectivity index (χ0) is 15.7. The first-order chi connectivity index (χ1) is 10.1. The molecule has 0 aliphatic heterocycles. The highest BCUT2D eigenvalue weighted by Crippen LogP contribution is 2.32. The van der Waals surface area contributed by atoms with Crippen LogP contribution in [0.4, 0.5) is 0 Å². The number of methoxy groups -OCH3 is 1. The van der Waals surface area contributed by atoms with E-state index < -0.39 is 5.60 Å². The molecule has 1 N–H and O–H groups in total. The molecule has 0 amide bonds. The van der Waals surface area contributed by atoms with Gasteiger partial charge in [0.2, 0.25) is 0 Å². The fraction of sp³-hybridized carbons (Fsp3) is 0.562. The highest BCUT2D eigenvalue weighted by Gasteiger charge is 2.32. The first kappa shape index (κ1) is 17.9. The molecule has 0 radical (unpaired) electrons. The summed E-state index contributed by atoms with van der Waals surface area (Å²) < 4.78 is 10.1. The molecule has 0 saturated carbocycles. The summed E-state index contributed by atoms with van der Waals surface area (Å²) in [5.41, 5.74) is -0.503. The minimum Gasteiger partial charge on any atom is -0.497 e. The van der Waals surface area contributed by atoms with Gasteiger partial charge in [0.05, 0.1) is 20.1 Å². The van der Waals surface area contributed by atoms with Crippen LogP contribution in [0.2, 0.25) is 0 Å². The largest absolute Gasteiger partial charge is 0.497 e. The van der Waals surface area contributed by atoms with Gasteiger partial charge in [-0.3, -0.25) is 4.79 Å². The Hall–Kier alpha value is -1.20. The van der Waals surface area contributed by atoms with E-state index in [1.54, 1.807) is 38.3 Å². The van der Waals surface area contributed by atoms with Crippen molar-refractivity contribution in [1.29, 1.82) is 0 Å². The highest BCUT2D eigenvalue weighted by molar-refractivity contribution is 7.80. The summed E-state index contributed by atoms with van der Waals surface area (Å²) in [6, 6.07) is 7.14. The Morgan fingerprint density at radius 1 is 1.29 bits per heavy atom. The third kappa shape index (κ3) is 5.59. The molecule has 0 aliphatic carbocycles. The Kier molecular flexibility index (Phi) is 7.61. The number of aliphatic hydroxyl groups is 1. The molecule has 1 unspecified atom stereocenters. The maximum Gasteiger partial charge on any atom is 0.309 e. The van der Waals surface area contributed by atoms with Crippen LogP contribution in [0.5, 0.6) is 5.75 Å². The average Bonchev–Trinajstić information content (AvgIpc) is 2.48. The molecule has 0 heterocycles. The second kappa shape index (κ2) is 8.95. The molecule has 0 bridgehead atoms. The third-order valence-corrected chi connectivity index (χ3v) is 3.68. The molecular formula is C16H24O4S. The fourth-order valence-electron chi connectivity index (χ4n) is 2.22. The van der Waals surface area contributed by atoms with Crippen LogP contribution in [0.25, 0.3) is 0 Å². The van der Waals surface area contributed by atoms with Crippen molar-refractivity contribution in [2.45, 2.75) is 38.2 Å². The number of unbranched alkanes of at least 4 members (excludes halogenated alkanes) is 1. The number of carbonyl (C=O) groups is 1.